The minimum atomic E-state index is -0.284. The van der Waals surface area contributed by atoms with Crippen LogP contribution < -0.4 is 5.73 Å². The summed E-state index contributed by atoms with van der Waals surface area (Å²) in [4.78, 5) is 0. The van der Waals surface area contributed by atoms with E-state index >= 15 is 0 Å². The fraction of sp³-hybridized carbons (Fsp3) is 0.0556. The molecule has 2 N–H and O–H groups in total. The van der Waals surface area contributed by atoms with Gasteiger partial charge in [0.2, 0.25) is 0 Å². The van der Waals surface area contributed by atoms with Gasteiger partial charge < -0.3 is 10.3 Å². The highest BCUT2D eigenvalue weighted by molar-refractivity contribution is 5.46. The van der Waals surface area contributed by atoms with Crippen molar-refractivity contribution in [3.8, 4) is 6.07 Å². The summed E-state index contributed by atoms with van der Waals surface area (Å²) in [6.07, 6.45) is 1.72. The zero-order valence-electron chi connectivity index (χ0n) is 11.8. The molecule has 108 valence electrons. The fourth-order valence-corrected chi connectivity index (χ4v) is 2.57. The van der Waals surface area contributed by atoms with Crippen LogP contribution in [0.15, 0.2) is 66.9 Å². The minimum Gasteiger partial charge on any atom is -0.385 e. The molecule has 1 heterocycles. The minimum absolute atomic E-state index is 0.205. The highest BCUT2D eigenvalue weighted by Crippen LogP contribution is 2.30. The second-order valence-electron chi connectivity index (χ2n) is 5.04. The summed E-state index contributed by atoms with van der Waals surface area (Å²) in [5.41, 5.74) is 8.48. The standard InChI is InChI=1S/C18H14FN3/c19-16-8-6-15(7-9-16)18(14-4-2-1-3-5-14)22-12-13(11-20)10-17(22)21/h1-10,12,18H,21H2. The molecule has 0 saturated heterocycles. The van der Waals surface area contributed by atoms with Gasteiger partial charge in [0, 0.05) is 6.20 Å². The molecule has 3 aromatic rings. The maximum atomic E-state index is 13.2. The highest BCUT2D eigenvalue weighted by atomic mass is 19.1. The van der Waals surface area contributed by atoms with Crippen molar-refractivity contribution in [2.24, 2.45) is 0 Å². The van der Waals surface area contributed by atoms with Crippen molar-refractivity contribution in [1.29, 1.82) is 5.26 Å². The van der Waals surface area contributed by atoms with Gasteiger partial charge in [-0.2, -0.15) is 5.26 Å². The molecule has 1 unspecified atom stereocenters. The van der Waals surface area contributed by atoms with Crippen LogP contribution in [-0.4, -0.2) is 4.57 Å². The summed E-state index contributed by atoms with van der Waals surface area (Å²) in [7, 11) is 0. The normalized spacial score (nSPS) is 11.8. The zero-order valence-corrected chi connectivity index (χ0v) is 11.8. The number of hydrogen-bond donors (Lipinski definition) is 1. The number of aromatic nitrogens is 1. The van der Waals surface area contributed by atoms with E-state index in [1.165, 1.54) is 12.1 Å². The van der Waals surface area contributed by atoms with E-state index in [0.29, 0.717) is 11.4 Å². The Morgan fingerprint density at radius 2 is 1.64 bits per heavy atom. The third-order valence-electron chi connectivity index (χ3n) is 3.59. The molecule has 0 saturated carbocycles. The van der Waals surface area contributed by atoms with Crippen molar-refractivity contribution in [1.82, 2.24) is 4.57 Å². The van der Waals surface area contributed by atoms with E-state index in [2.05, 4.69) is 6.07 Å². The van der Waals surface area contributed by atoms with Crippen molar-refractivity contribution >= 4 is 5.82 Å². The van der Waals surface area contributed by atoms with E-state index in [9.17, 15) is 4.39 Å². The summed E-state index contributed by atoms with van der Waals surface area (Å²) in [6.45, 7) is 0. The lowest BCUT2D eigenvalue weighted by atomic mass is 9.98. The number of halogens is 1. The number of nitrogens with two attached hydrogens (primary N) is 1. The fourth-order valence-electron chi connectivity index (χ4n) is 2.57. The van der Waals surface area contributed by atoms with Gasteiger partial charge in [-0.15, -0.1) is 0 Å². The Labute approximate surface area is 128 Å². The molecule has 0 spiro atoms. The third-order valence-corrected chi connectivity index (χ3v) is 3.59. The number of rotatable bonds is 3. The average Bonchev–Trinajstić information content (AvgIpc) is 2.92. The van der Waals surface area contributed by atoms with Crippen LogP contribution in [0.25, 0.3) is 0 Å². The Kier molecular flexibility index (Phi) is 3.63. The number of nitriles is 1. The molecule has 1 atom stereocenters. The summed E-state index contributed by atoms with van der Waals surface area (Å²) in [5, 5.41) is 9.07. The van der Waals surface area contributed by atoms with Crippen molar-refractivity contribution < 1.29 is 4.39 Å². The van der Waals surface area contributed by atoms with E-state index in [1.54, 1.807) is 24.4 Å². The summed E-state index contributed by atoms with van der Waals surface area (Å²) in [6, 6.07) is 19.6. The summed E-state index contributed by atoms with van der Waals surface area (Å²) >= 11 is 0. The van der Waals surface area contributed by atoms with Gasteiger partial charge in [-0.1, -0.05) is 42.5 Å². The maximum absolute atomic E-state index is 13.2. The smallest absolute Gasteiger partial charge is 0.123 e. The number of nitrogens with zero attached hydrogens (tertiary/aromatic N) is 2. The van der Waals surface area contributed by atoms with Gasteiger partial charge in [-0.25, -0.2) is 4.39 Å². The molecule has 0 amide bonds. The van der Waals surface area contributed by atoms with Crippen molar-refractivity contribution in [2.45, 2.75) is 6.04 Å². The number of hydrogen-bond acceptors (Lipinski definition) is 2. The lowest BCUT2D eigenvalue weighted by Gasteiger charge is -2.21. The Morgan fingerprint density at radius 1 is 1.00 bits per heavy atom. The van der Waals surface area contributed by atoms with E-state index < -0.39 is 0 Å². The highest BCUT2D eigenvalue weighted by Gasteiger charge is 2.18. The van der Waals surface area contributed by atoms with Crippen LogP contribution in [-0.2, 0) is 0 Å². The van der Waals surface area contributed by atoms with E-state index in [1.807, 2.05) is 34.9 Å². The van der Waals surface area contributed by atoms with E-state index in [4.69, 9.17) is 11.0 Å². The Bertz CT molecular complexity index is 814. The molecule has 0 aliphatic rings. The quantitative estimate of drug-likeness (QED) is 0.799. The van der Waals surface area contributed by atoms with Crippen LogP contribution in [0.2, 0.25) is 0 Å². The molecule has 4 heteroatoms. The van der Waals surface area contributed by atoms with Crippen LogP contribution in [0.5, 0.6) is 0 Å². The van der Waals surface area contributed by atoms with Crippen molar-refractivity contribution in [2.75, 3.05) is 5.73 Å². The molecule has 0 radical (unpaired) electrons. The second kappa shape index (κ2) is 5.74. The van der Waals surface area contributed by atoms with Gasteiger partial charge >= 0.3 is 0 Å². The zero-order chi connectivity index (χ0) is 15.5. The predicted octanol–water partition coefficient (Wildman–Crippen LogP) is 3.72. The second-order valence-corrected chi connectivity index (χ2v) is 5.04. The molecule has 0 bridgehead atoms. The summed E-state index contributed by atoms with van der Waals surface area (Å²) in [5.74, 6) is 0.212. The van der Waals surface area contributed by atoms with Crippen LogP contribution in [0, 0.1) is 17.1 Å². The molecule has 3 rings (SSSR count). The van der Waals surface area contributed by atoms with Gasteiger partial charge in [-0.05, 0) is 29.3 Å². The van der Waals surface area contributed by atoms with E-state index in [-0.39, 0.29) is 11.9 Å². The van der Waals surface area contributed by atoms with Gasteiger partial charge in [0.1, 0.15) is 17.7 Å². The van der Waals surface area contributed by atoms with Crippen LogP contribution in [0.3, 0.4) is 0 Å². The van der Waals surface area contributed by atoms with Crippen molar-refractivity contribution in [3.05, 3.63) is 89.4 Å². The van der Waals surface area contributed by atoms with Crippen LogP contribution in [0.1, 0.15) is 22.7 Å². The summed E-state index contributed by atoms with van der Waals surface area (Å²) < 4.78 is 15.1. The Hall–Kier alpha value is -3.06. The lowest BCUT2D eigenvalue weighted by molar-refractivity contribution is 0.623. The van der Waals surface area contributed by atoms with Crippen LogP contribution in [0.4, 0.5) is 10.2 Å². The molecule has 2 aromatic carbocycles. The average molecular weight is 291 g/mol. The first-order valence-electron chi connectivity index (χ1n) is 6.87. The number of benzene rings is 2. The lowest BCUT2D eigenvalue weighted by Crippen LogP contribution is -2.13. The van der Waals surface area contributed by atoms with Gasteiger partial charge in [0.05, 0.1) is 11.6 Å². The molecule has 0 aliphatic carbocycles. The van der Waals surface area contributed by atoms with Crippen LogP contribution >= 0.6 is 0 Å². The molecule has 0 fully saturated rings. The maximum Gasteiger partial charge on any atom is 0.123 e. The van der Waals surface area contributed by atoms with Gasteiger partial charge in [-0.3, -0.25) is 0 Å². The first kappa shape index (κ1) is 13.9. The number of nitrogen functional groups attached to an aromatic ring is 1. The molecule has 22 heavy (non-hydrogen) atoms. The first-order chi connectivity index (χ1) is 10.7. The molecule has 0 aliphatic heterocycles. The largest absolute Gasteiger partial charge is 0.385 e. The first-order valence-corrected chi connectivity index (χ1v) is 6.87. The Morgan fingerprint density at radius 3 is 2.23 bits per heavy atom. The molecular formula is C18H14FN3. The van der Waals surface area contributed by atoms with E-state index in [0.717, 1.165) is 11.1 Å². The molecule has 3 nitrogen and oxygen atoms in total. The Balaban J connectivity index is 2.17. The molecular weight excluding hydrogens is 277 g/mol. The predicted molar refractivity (Wildman–Crippen MR) is 83.6 cm³/mol. The van der Waals surface area contributed by atoms with Crippen molar-refractivity contribution in [3.63, 3.8) is 0 Å². The third kappa shape index (κ3) is 2.57. The topological polar surface area (TPSA) is 54.7 Å². The SMILES string of the molecule is N#Cc1cc(N)n(C(c2ccccc2)c2ccc(F)cc2)c1. The monoisotopic (exact) mass is 291 g/mol. The molecule has 1 aromatic heterocycles. The van der Waals surface area contributed by atoms with Gasteiger partial charge in [0.15, 0.2) is 0 Å². The van der Waals surface area contributed by atoms with Gasteiger partial charge in [0.25, 0.3) is 0 Å². The number of anilines is 1.